The summed E-state index contributed by atoms with van der Waals surface area (Å²) in [7, 11) is 2.63. The van der Waals surface area contributed by atoms with Crippen molar-refractivity contribution in [1.29, 1.82) is 0 Å². The summed E-state index contributed by atoms with van der Waals surface area (Å²) in [4.78, 5) is 0. The van der Waals surface area contributed by atoms with Gasteiger partial charge in [0.25, 0.3) is 7.55 Å². The minimum absolute atomic E-state index is 0.360. The molecule has 0 heterocycles. The first-order chi connectivity index (χ1) is 4.27. The Morgan fingerprint density at radius 3 is 2.89 bits per heavy atom. The Labute approximate surface area is 56.4 Å². The number of rotatable bonds is 4. The van der Waals surface area contributed by atoms with E-state index >= 15 is 0 Å². The zero-order chi connectivity index (χ0) is 7.11. The van der Waals surface area contributed by atoms with E-state index in [1.807, 2.05) is 7.05 Å². The molecular weight excluding hydrogens is 115 g/mol. The van der Waals surface area contributed by atoms with Crippen LogP contribution in [0.25, 0.3) is 0 Å². The molecule has 0 saturated carbocycles. The summed E-state index contributed by atoms with van der Waals surface area (Å²) >= 11 is 0. The van der Waals surface area contributed by atoms with Crippen molar-refractivity contribution >= 4 is 7.55 Å². The molecule has 0 aromatic carbocycles. The van der Waals surface area contributed by atoms with Gasteiger partial charge >= 0.3 is 0 Å². The maximum absolute atomic E-state index is 8.65. The maximum Gasteiger partial charge on any atom is 0.286 e. The first-order valence-electron chi connectivity index (χ1n) is 2.98. The first-order valence-corrected chi connectivity index (χ1v) is 2.98. The van der Waals surface area contributed by atoms with E-state index in [0.717, 1.165) is 7.55 Å². The number of hydrogen-bond donors (Lipinski definition) is 3. The molecule has 3 nitrogen and oxygen atoms in total. The molecule has 0 amide bonds. The van der Waals surface area contributed by atoms with Gasteiger partial charge in [0.1, 0.15) is 0 Å². The number of allylic oxidation sites excluding steroid dienone is 1. The molecular formula is C5H13BN2O. The minimum Gasteiger partial charge on any atom is -0.513 e. The second-order valence-electron chi connectivity index (χ2n) is 1.83. The quantitative estimate of drug-likeness (QED) is 0.272. The molecule has 0 rings (SSSR count). The molecule has 0 aliphatic heterocycles. The van der Waals surface area contributed by atoms with Gasteiger partial charge in [-0.05, 0) is 20.0 Å². The largest absolute Gasteiger partial charge is 0.513 e. The Morgan fingerprint density at radius 2 is 2.44 bits per heavy atom. The molecule has 0 fully saturated rings. The first kappa shape index (κ1) is 8.52. The van der Waals surface area contributed by atoms with E-state index in [4.69, 9.17) is 5.11 Å². The van der Waals surface area contributed by atoms with Crippen LogP contribution >= 0.6 is 0 Å². The summed E-state index contributed by atoms with van der Waals surface area (Å²) in [5.41, 5.74) is 0. The fourth-order valence-electron chi connectivity index (χ4n) is 0.417. The van der Waals surface area contributed by atoms with Crippen LogP contribution in [0.2, 0.25) is 0 Å². The van der Waals surface area contributed by atoms with Crippen LogP contribution in [0.4, 0.5) is 0 Å². The Balaban J connectivity index is 3.00. The van der Waals surface area contributed by atoms with Crippen LogP contribution in [-0.4, -0.2) is 26.2 Å². The van der Waals surface area contributed by atoms with Crippen LogP contribution < -0.4 is 10.5 Å². The SMILES string of the molecule is CNBNC/C=C(/C)O. The average Bonchev–Trinajstić information content (AvgIpc) is 1.80. The molecule has 0 aliphatic rings. The van der Waals surface area contributed by atoms with E-state index in [-0.39, 0.29) is 0 Å². The molecule has 0 saturated heterocycles. The van der Waals surface area contributed by atoms with E-state index in [0.29, 0.717) is 12.3 Å². The summed E-state index contributed by atoms with van der Waals surface area (Å²) in [6, 6.07) is 0. The van der Waals surface area contributed by atoms with Gasteiger partial charge in [0.15, 0.2) is 0 Å². The third-order valence-electron chi connectivity index (χ3n) is 0.844. The Morgan fingerprint density at radius 1 is 1.78 bits per heavy atom. The lowest BCUT2D eigenvalue weighted by Crippen LogP contribution is -2.30. The molecule has 9 heavy (non-hydrogen) atoms. The maximum atomic E-state index is 8.65. The zero-order valence-corrected chi connectivity index (χ0v) is 5.94. The Kier molecular flexibility index (Phi) is 5.36. The second kappa shape index (κ2) is 5.66. The molecule has 0 unspecified atom stereocenters. The second-order valence-corrected chi connectivity index (χ2v) is 1.83. The molecule has 0 aromatic heterocycles. The summed E-state index contributed by atoms with van der Waals surface area (Å²) in [6.45, 7) is 2.37. The molecule has 3 N–H and O–H groups in total. The fraction of sp³-hybridized carbons (Fsp3) is 0.600. The van der Waals surface area contributed by atoms with Gasteiger partial charge in [-0.1, -0.05) is 0 Å². The molecule has 52 valence electrons. The highest BCUT2D eigenvalue weighted by atomic mass is 16.3. The van der Waals surface area contributed by atoms with Crippen LogP contribution in [0, 0.1) is 0 Å². The van der Waals surface area contributed by atoms with Crippen molar-refractivity contribution in [3.63, 3.8) is 0 Å². The summed E-state index contributed by atoms with van der Waals surface area (Å²) < 4.78 is 0. The molecule has 0 radical (unpaired) electrons. The van der Waals surface area contributed by atoms with E-state index in [9.17, 15) is 0 Å². The molecule has 0 bridgehead atoms. The van der Waals surface area contributed by atoms with E-state index < -0.39 is 0 Å². The normalized spacial score (nSPS) is 11.6. The van der Waals surface area contributed by atoms with E-state index in [1.165, 1.54) is 0 Å². The van der Waals surface area contributed by atoms with E-state index in [1.54, 1.807) is 13.0 Å². The number of nitrogens with one attached hydrogen (secondary N) is 2. The lowest BCUT2D eigenvalue weighted by Gasteiger charge is -1.95. The number of aliphatic hydroxyl groups excluding tert-OH is 1. The van der Waals surface area contributed by atoms with Crippen LogP contribution in [0.1, 0.15) is 6.92 Å². The lowest BCUT2D eigenvalue weighted by atomic mass is 10.2. The van der Waals surface area contributed by atoms with Gasteiger partial charge in [0.2, 0.25) is 0 Å². The monoisotopic (exact) mass is 128 g/mol. The van der Waals surface area contributed by atoms with Crippen LogP contribution in [-0.2, 0) is 0 Å². The van der Waals surface area contributed by atoms with Gasteiger partial charge in [0, 0.05) is 6.54 Å². The standard InChI is InChI=1S/C5H13BN2O/c1-5(9)3-4-8-6-7-2/h3,6-9H,4H2,1-2H3/b5-3-. The Bertz CT molecular complexity index is 91.0. The number of hydrogen-bond acceptors (Lipinski definition) is 3. The van der Waals surface area contributed by atoms with Gasteiger partial charge in [0.05, 0.1) is 5.76 Å². The van der Waals surface area contributed by atoms with Crippen LogP contribution in [0.15, 0.2) is 11.8 Å². The third kappa shape index (κ3) is 7.52. The topological polar surface area (TPSA) is 44.3 Å². The van der Waals surface area contributed by atoms with E-state index in [2.05, 4.69) is 10.5 Å². The van der Waals surface area contributed by atoms with Gasteiger partial charge < -0.3 is 15.6 Å². The third-order valence-corrected chi connectivity index (χ3v) is 0.844. The van der Waals surface area contributed by atoms with Crippen molar-refractivity contribution < 1.29 is 5.11 Å². The van der Waals surface area contributed by atoms with Gasteiger partial charge in [-0.15, -0.1) is 0 Å². The highest BCUT2D eigenvalue weighted by Gasteiger charge is 1.82. The number of aliphatic hydroxyl groups is 1. The highest BCUT2D eigenvalue weighted by molar-refractivity contribution is 6.28. The highest BCUT2D eigenvalue weighted by Crippen LogP contribution is 1.78. The zero-order valence-electron chi connectivity index (χ0n) is 5.94. The molecule has 4 heteroatoms. The van der Waals surface area contributed by atoms with Gasteiger partial charge in [-0.3, -0.25) is 0 Å². The van der Waals surface area contributed by atoms with Crippen molar-refractivity contribution in [1.82, 2.24) is 10.5 Å². The van der Waals surface area contributed by atoms with Crippen molar-refractivity contribution in [3.05, 3.63) is 11.8 Å². The smallest absolute Gasteiger partial charge is 0.286 e. The van der Waals surface area contributed by atoms with Crippen LogP contribution in [0.3, 0.4) is 0 Å². The molecule has 0 spiro atoms. The molecule has 0 aromatic rings. The van der Waals surface area contributed by atoms with Crippen LogP contribution in [0.5, 0.6) is 0 Å². The van der Waals surface area contributed by atoms with Gasteiger partial charge in [-0.25, -0.2) is 0 Å². The van der Waals surface area contributed by atoms with Gasteiger partial charge in [-0.2, -0.15) is 0 Å². The lowest BCUT2D eigenvalue weighted by molar-refractivity contribution is 0.412. The van der Waals surface area contributed by atoms with Crippen molar-refractivity contribution in [2.24, 2.45) is 0 Å². The summed E-state index contributed by atoms with van der Waals surface area (Å²) in [5, 5.41) is 14.6. The molecule has 0 aliphatic carbocycles. The van der Waals surface area contributed by atoms with Crippen molar-refractivity contribution in [2.75, 3.05) is 13.6 Å². The average molecular weight is 128 g/mol. The summed E-state index contributed by atoms with van der Waals surface area (Å²) in [5.74, 6) is 0.360. The summed E-state index contributed by atoms with van der Waals surface area (Å²) in [6.07, 6.45) is 1.72. The predicted molar refractivity (Wildman–Crippen MR) is 40.6 cm³/mol. The fourth-order valence-corrected chi connectivity index (χ4v) is 0.417. The minimum atomic E-state index is 0.360. The predicted octanol–water partition coefficient (Wildman–Crippen LogP) is -0.476. The Hall–Kier alpha value is -0.475. The van der Waals surface area contributed by atoms with Crippen molar-refractivity contribution in [3.8, 4) is 0 Å². The molecule has 0 atom stereocenters. The van der Waals surface area contributed by atoms with Crippen molar-refractivity contribution in [2.45, 2.75) is 6.92 Å².